The molecule has 27 heavy (non-hydrogen) atoms. The largest absolute Gasteiger partial charge is 0.495 e. The predicted octanol–water partition coefficient (Wildman–Crippen LogP) is 2.22. The average Bonchev–Trinajstić information content (AvgIpc) is 2.58. The summed E-state index contributed by atoms with van der Waals surface area (Å²) in [6, 6.07) is 3.93. The highest BCUT2D eigenvalue weighted by molar-refractivity contribution is 7.89. The molecule has 0 unspecified atom stereocenters. The monoisotopic (exact) mass is 401 g/mol. The third kappa shape index (κ3) is 6.21. The van der Waals surface area contributed by atoms with Crippen molar-refractivity contribution in [2.75, 3.05) is 26.8 Å². The maximum absolute atomic E-state index is 12.8. The summed E-state index contributed by atoms with van der Waals surface area (Å²) in [5, 5.41) is 0. The van der Waals surface area contributed by atoms with Crippen molar-refractivity contribution in [2.24, 2.45) is 0 Å². The van der Waals surface area contributed by atoms with Gasteiger partial charge in [-0.2, -0.15) is 4.31 Å². The molecule has 0 aliphatic carbocycles. The summed E-state index contributed by atoms with van der Waals surface area (Å²) in [7, 11) is -2.50. The van der Waals surface area contributed by atoms with Crippen LogP contribution in [0, 0.1) is 0 Å². The van der Waals surface area contributed by atoms with E-state index < -0.39 is 34.2 Å². The molecule has 0 N–H and O–H groups in total. The minimum absolute atomic E-state index is 0.00918. The van der Waals surface area contributed by atoms with Crippen LogP contribution in [0.5, 0.6) is 5.75 Å². The van der Waals surface area contributed by atoms with Crippen molar-refractivity contribution in [2.45, 2.75) is 45.1 Å². The van der Waals surface area contributed by atoms with E-state index in [9.17, 15) is 18.0 Å². The molecule has 0 amide bonds. The van der Waals surface area contributed by atoms with Crippen LogP contribution < -0.4 is 4.74 Å². The van der Waals surface area contributed by atoms with E-state index in [-0.39, 0.29) is 29.3 Å². The molecule has 9 heteroatoms. The van der Waals surface area contributed by atoms with Gasteiger partial charge in [-0.05, 0) is 39.0 Å². The molecule has 0 bridgehead atoms. The number of carbonyl (C=O) groups excluding carboxylic acids is 2. The number of sulfonamides is 1. The van der Waals surface area contributed by atoms with Gasteiger partial charge in [-0.1, -0.05) is 13.8 Å². The van der Waals surface area contributed by atoms with Crippen LogP contribution >= 0.6 is 0 Å². The number of ether oxygens (including phenoxy) is 3. The lowest BCUT2D eigenvalue weighted by atomic mass is 10.2. The van der Waals surface area contributed by atoms with Gasteiger partial charge in [0, 0.05) is 13.1 Å². The zero-order chi connectivity index (χ0) is 20.8. The van der Waals surface area contributed by atoms with E-state index in [1.54, 1.807) is 34.6 Å². The Morgan fingerprint density at radius 3 is 2.19 bits per heavy atom. The number of hydrogen-bond donors (Lipinski definition) is 0. The van der Waals surface area contributed by atoms with Crippen LogP contribution in [0.25, 0.3) is 0 Å². The van der Waals surface area contributed by atoms with Gasteiger partial charge in [0.1, 0.15) is 16.2 Å². The molecule has 0 heterocycles. The molecule has 0 saturated carbocycles. The van der Waals surface area contributed by atoms with Crippen molar-refractivity contribution in [3.63, 3.8) is 0 Å². The van der Waals surface area contributed by atoms with E-state index in [1.165, 1.54) is 29.6 Å². The first kappa shape index (κ1) is 22.9. The Morgan fingerprint density at radius 2 is 1.70 bits per heavy atom. The van der Waals surface area contributed by atoms with Crippen LogP contribution in [-0.2, 0) is 24.3 Å². The van der Waals surface area contributed by atoms with Crippen molar-refractivity contribution in [3.8, 4) is 5.75 Å². The lowest BCUT2D eigenvalue weighted by molar-refractivity contribution is -0.158. The van der Waals surface area contributed by atoms with Gasteiger partial charge in [-0.3, -0.25) is 0 Å². The Hall–Kier alpha value is -2.13. The van der Waals surface area contributed by atoms with E-state index >= 15 is 0 Å². The fourth-order valence-electron chi connectivity index (χ4n) is 2.29. The van der Waals surface area contributed by atoms with Crippen LogP contribution in [0.3, 0.4) is 0 Å². The van der Waals surface area contributed by atoms with Crippen molar-refractivity contribution < 1.29 is 32.2 Å². The first-order valence-corrected chi connectivity index (χ1v) is 9.97. The lowest BCUT2D eigenvalue weighted by Gasteiger charge is -2.20. The van der Waals surface area contributed by atoms with E-state index in [0.29, 0.717) is 0 Å². The van der Waals surface area contributed by atoms with Crippen LogP contribution in [0.4, 0.5) is 0 Å². The second-order valence-electron chi connectivity index (χ2n) is 6.62. The number of rotatable bonds is 8. The molecule has 0 aliphatic rings. The van der Waals surface area contributed by atoms with Crippen molar-refractivity contribution >= 4 is 22.0 Å². The highest BCUT2D eigenvalue weighted by Gasteiger charge is 2.27. The molecule has 0 spiro atoms. The first-order valence-electron chi connectivity index (χ1n) is 8.53. The van der Waals surface area contributed by atoms with Gasteiger partial charge < -0.3 is 14.2 Å². The SMILES string of the molecule is CCN(CC)S(=O)(=O)c1cc(C(=O)OCC(=O)OC(C)(C)C)ccc1OC. The lowest BCUT2D eigenvalue weighted by Crippen LogP contribution is -2.31. The maximum atomic E-state index is 12.8. The summed E-state index contributed by atoms with van der Waals surface area (Å²) in [5.41, 5.74) is -0.709. The topological polar surface area (TPSA) is 99.2 Å². The standard InChI is InChI=1S/C18H27NO7S/c1-7-19(8-2)27(22,23)15-11-13(9-10-14(15)24-6)17(21)25-12-16(20)26-18(3,4)5/h9-11H,7-8,12H2,1-6H3. The van der Waals surface area contributed by atoms with Crippen LogP contribution in [0.2, 0.25) is 0 Å². The number of benzene rings is 1. The molecule has 0 aliphatic heterocycles. The molecular weight excluding hydrogens is 374 g/mol. The Balaban J connectivity index is 3.08. The molecule has 1 rings (SSSR count). The molecule has 1 aromatic carbocycles. The molecule has 1 aromatic rings. The highest BCUT2D eigenvalue weighted by Crippen LogP contribution is 2.28. The molecule has 0 atom stereocenters. The van der Waals surface area contributed by atoms with Crippen molar-refractivity contribution in [1.29, 1.82) is 0 Å². The number of hydrogen-bond acceptors (Lipinski definition) is 7. The van der Waals surface area contributed by atoms with Crippen molar-refractivity contribution in [3.05, 3.63) is 23.8 Å². The summed E-state index contributed by atoms with van der Waals surface area (Å²) < 4.78 is 41.9. The van der Waals surface area contributed by atoms with Gasteiger partial charge in [-0.25, -0.2) is 18.0 Å². The van der Waals surface area contributed by atoms with E-state index in [2.05, 4.69) is 0 Å². The molecule has 0 radical (unpaired) electrons. The predicted molar refractivity (Wildman–Crippen MR) is 99.2 cm³/mol. The Labute approximate surface area is 160 Å². The quantitative estimate of drug-likeness (QED) is 0.616. The molecule has 0 fully saturated rings. The van der Waals surface area contributed by atoms with Gasteiger partial charge in [0.15, 0.2) is 6.61 Å². The zero-order valence-electron chi connectivity index (χ0n) is 16.6. The maximum Gasteiger partial charge on any atom is 0.344 e. The highest BCUT2D eigenvalue weighted by atomic mass is 32.2. The van der Waals surface area contributed by atoms with E-state index in [1.807, 2.05) is 0 Å². The molecule has 0 aromatic heterocycles. The third-order valence-electron chi connectivity index (χ3n) is 3.46. The average molecular weight is 401 g/mol. The molecule has 8 nitrogen and oxygen atoms in total. The fraction of sp³-hybridized carbons (Fsp3) is 0.556. The van der Waals surface area contributed by atoms with E-state index in [4.69, 9.17) is 14.2 Å². The van der Waals surface area contributed by atoms with Gasteiger partial charge >= 0.3 is 11.9 Å². The second kappa shape index (κ2) is 9.18. The van der Waals surface area contributed by atoms with Crippen LogP contribution in [0.15, 0.2) is 23.1 Å². The second-order valence-corrected chi connectivity index (χ2v) is 8.52. The van der Waals surface area contributed by atoms with Crippen LogP contribution in [0.1, 0.15) is 45.0 Å². The zero-order valence-corrected chi connectivity index (χ0v) is 17.4. The minimum atomic E-state index is -3.85. The summed E-state index contributed by atoms with van der Waals surface area (Å²) in [4.78, 5) is 23.8. The number of carbonyl (C=O) groups is 2. The smallest absolute Gasteiger partial charge is 0.344 e. The van der Waals surface area contributed by atoms with Gasteiger partial charge in [-0.15, -0.1) is 0 Å². The van der Waals surface area contributed by atoms with Crippen LogP contribution in [-0.4, -0.2) is 57.1 Å². The third-order valence-corrected chi connectivity index (χ3v) is 5.53. The summed E-state index contributed by atoms with van der Waals surface area (Å²) in [6.45, 7) is 8.49. The van der Waals surface area contributed by atoms with Gasteiger partial charge in [0.2, 0.25) is 10.0 Å². The number of esters is 2. The van der Waals surface area contributed by atoms with E-state index in [0.717, 1.165) is 0 Å². The summed E-state index contributed by atoms with van der Waals surface area (Å²) >= 11 is 0. The fourth-order valence-corrected chi connectivity index (χ4v) is 3.93. The Bertz CT molecular complexity index is 777. The van der Waals surface area contributed by atoms with Gasteiger partial charge in [0.05, 0.1) is 12.7 Å². The van der Waals surface area contributed by atoms with Gasteiger partial charge in [0.25, 0.3) is 0 Å². The Morgan fingerprint density at radius 1 is 1.11 bits per heavy atom. The molecule has 152 valence electrons. The first-order chi connectivity index (χ1) is 12.5. The summed E-state index contributed by atoms with van der Waals surface area (Å²) in [6.07, 6.45) is 0. The number of methoxy groups -OCH3 is 1. The molecular formula is C18H27NO7S. The molecule has 0 saturated heterocycles. The minimum Gasteiger partial charge on any atom is -0.495 e. The number of nitrogens with zero attached hydrogens (tertiary/aromatic N) is 1. The Kier molecular flexibility index (Phi) is 7.79. The van der Waals surface area contributed by atoms with Crippen molar-refractivity contribution in [1.82, 2.24) is 4.31 Å². The summed E-state index contributed by atoms with van der Waals surface area (Å²) in [5.74, 6) is -1.41. The normalized spacial score (nSPS) is 12.0.